The van der Waals surface area contributed by atoms with Gasteiger partial charge in [0.1, 0.15) is 5.82 Å². The summed E-state index contributed by atoms with van der Waals surface area (Å²) in [7, 11) is -4.52. The molecule has 0 aliphatic carbocycles. The molecule has 4 nitrogen and oxygen atoms in total. The van der Waals surface area contributed by atoms with Gasteiger partial charge in [0.25, 0.3) is 0 Å². The van der Waals surface area contributed by atoms with Gasteiger partial charge in [-0.1, -0.05) is 29.8 Å². The van der Waals surface area contributed by atoms with Crippen molar-refractivity contribution in [3.05, 3.63) is 64.9 Å². The minimum Gasteiger partial charge on any atom is -0.368 e. The Balaban J connectivity index is 2.37. The van der Waals surface area contributed by atoms with Crippen molar-refractivity contribution in [1.29, 1.82) is 0 Å². The second-order valence-corrected chi connectivity index (χ2v) is 6.33. The van der Waals surface area contributed by atoms with Crippen LogP contribution < -0.4 is 5.32 Å². The maximum absolute atomic E-state index is 13.2. The van der Waals surface area contributed by atoms with Crippen molar-refractivity contribution in [2.75, 3.05) is 5.32 Å². The Hall–Kier alpha value is -1.39. The monoisotopic (exact) mass is 315 g/mol. The molecule has 0 aromatic heterocycles. The van der Waals surface area contributed by atoms with E-state index in [9.17, 15) is 18.7 Å². The van der Waals surface area contributed by atoms with Crippen LogP contribution in [0.25, 0.3) is 0 Å². The van der Waals surface area contributed by atoms with E-state index in [4.69, 9.17) is 11.6 Å². The van der Waals surface area contributed by atoms with Gasteiger partial charge < -0.3 is 15.1 Å². The normalized spacial score (nSPS) is 13.0. The molecule has 0 radical (unpaired) electrons. The molecule has 0 fully saturated rings. The van der Waals surface area contributed by atoms with Crippen molar-refractivity contribution in [3.8, 4) is 0 Å². The van der Waals surface area contributed by atoms with Gasteiger partial charge in [-0.05, 0) is 35.9 Å². The van der Waals surface area contributed by atoms with E-state index in [1.54, 1.807) is 18.2 Å². The Morgan fingerprint density at radius 3 is 2.45 bits per heavy atom. The number of rotatable bonds is 4. The minimum absolute atomic E-state index is 0.165. The first-order valence-corrected chi connectivity index (χ1v) is 7.75. The van der Waals surface area contributed by atoms with E-state index in [0.717, 1.165) is 6.07 Å². The van der Waals surface area contributed by atoms with Crippen LogP contribution >= 0.6 is 19.2 Å². The molecular weight excluding hydrogens is 304 g/mol. The molecule has 2 aromatic carbocycles. The number of anilines is 1. The molecule has 2 aromatic rings. The molecule has 0 heterocycles. The van der Waals surface area contributed by atoms with Crippen LogP contribution in [0.15, 0.2) is 48.5 Å². The van der Waals surface area contributed by atoms with Crippen molar-refractivity contribution in [3.63, 3.8) is 0 Å². The highest BCUT2D eigenvalue weighted by molar-refractivity contribution is 7.52. The van der Waals surface area contributed by atoms with Crippen molar-refractivity contribution in [2.45, 2.75) is 5.78 Å². The van der Waals surface area contributed by atoms with Gasteiger partial charge in [-0.15, -0.1) is 0 Å². The fourth-order valence-corrected chi connectivity index (χ4v) is 2.83. The van der Waals surface area contributed by atoms with E-state index >= 15 is 0 Å². The smallest absolute Gasteiger partial charge is 0.352 e. The molecule has 1 atom stereocenters. The maximum Gasteiger partial charge on any atom is 0.352 e. The van der Waals surface area contributed by atoms with Gasteiger partial charge in [0, 0.05) is 10.7 Å². The summed E-state index contributed by atoms with van der Waals surface area (Å²) in [5.41, 5.74) is 0.605. The second kappa shape index (κ2) is 5.94. The van der Waals surface area contributed by atoms with Gasteiger partial charge in [-0.25, -0.2) is 4.39 Å². The molecule has 3 N–H and O–H groups in total. The summed E-state index contributed by atoms with van der Waals surface area (Å²) in [4.78, 5) is 18.9. The van der Waals surface area contributed by atoms with E-state index in [1.165, 1.54) is 24.3 Å². The lowest BCUT2D eigenvalue weighted by molar-refractivity contribution is 0.363. The zero-order chi connectivity index (χ0) is 14.8. The van der Waals surface area contributed by atoms with Crippen LogP contribution in [0.5, 0.6) is 0 Å². The highest BCUT2D eigenvalue weighted by atomic mass is 35.5. The van der Waals surface area contributed by atoms with E-state index in [2.05, 4.69) is 5.32 Å². The van der Waals surface area contributed by atoms with Crippen LogP contribution in [-0.2, 0) is 4.57 Å². The van der Waals surface area contributed by atoms with Gasteiger partial charge in [-0.3, -0.25) is 4.57 Å². The first kappa shape index (κ1) is 15.0. The van der Waals surface area contributed by atoms with Crippen LogP contribution in [0.3, 0.4) is 0 Å². The van der Waals surface area contributed by atoms with Crippen LogP contribution in [0.1, 0.15) is 11.3 Å². The van der Waals surface area contributed by atoms with Crippen molar-refractivity contribution >= 4 is 24.9 Å². The molecule has 0 spiro atoms. The summed E-state index contributed by atoms with van der Waals surface area (Å²) in [6.07, 6.45) is 0. The second-order valence-electron chi connectivity index (χ2n) is 4.20. The number of nitrogens with one attached hydrogen (secondary N) is 1. The molecule has 0 saturated heterocycles. The fourth-order valence-electron chi connectivity index (χ4n) is 1.77. The number of halogens is 2. The van der Waals surface area contributed by atoms with Crippen LogP contribution in [0.2, 0.25) is 5.02 Å². The van der Waals surface area contributed by atoms with E-state index in [0.29, 0.717) is 10.7 Å². The largest absolute Gasteiger partial charge is 0.368 e. The molecule has 106 valence electrons. The molecule has 0 aliphatic rings. The lowest BCUT2D eigenvalue weighted by Crippen LogP contribution is -2.11. The van der Waals surface area contributed by atoms with E-state index < -0.39 is 19.2 Å². The lowest BCUT2D eigenvalue weighted by atomic mass is 10.2. The first-order valence-electron chi connectivity index (χ1n) is 5.69. The summed E-state index contributed by atoms with van der Waals surface area (Å²) in [6.45, 7) is 0. The van der Waals surface area contributed by atoms with E-state index in [1.807, 2.05) is 0 Å². The standard InChI is InChI=1S/C13H12ClFNO3P/c14-10-4-2-6-12(8-10)16-13(20(17,18)19)9-3-1-5-11(15)7-9/h1-8,13,16H,(H2,17,18,19). The SMILES string of the molecule is O=P(O)(O)C(Nc1cccc(Cl)c1)c1cccc(F)c1. The van der Waals surface area contributed by atoms with Gasteiger partial charge in [-0.2, -0.15) is 0 Å². The molecule has 0 amide bonds. The van der Waals surface area contributed by atoms with Gasteiger partial charge in [0.2, 0.25) is 0 Å². The quantitative estimate of drug-likeness (QED) is 0.751. The third-order valence-corrected chi connectivity index (χ3v) is 3.96. The van der Waals surface area contributed by atoms with Crippen LogP contribution in [-0.4, -0.2) is 9.79 Å². The third-order valence-electron chi connectivity index (χ3n) is 2.63. The highest BCUT2D eigenvalue weighted by Gasteiger charge is 2.30. The topological polar surface area (TPSA) is 69.6 Å². The third kappa shape index (κ3) is 3.81. The molecule has 20 heavy (non-hydrogen) atoms. The summed E-state index contributed by atoms with van der Waals surface area (Å²) in [5, 5.41) is 3.12. The van der Waals surface area contributed by atoms with E-state index in [-0.39, 0.29) is 5.56 Å². The summed E-state index contributed by atoms with van der Waals surface area (Å²) < 4.78 is 24.8. The van der Waals surface area contributed by atoms with Gasteiger partial charge in [0.15, 0.2) is 5.78 Å². The molecule has 1 unspecified atom stereocenters. The van der Waals surface area contributed by atoms with Crippen molar-refractivity contribution in [1.82, 2.24) is 0 Å². The molecule has 0 aliphatic heterocycles. The average molecular weight is 316 g/mol. The number of hydrogen-bond acceptors (Lipinski definition) is 2. The zero-order valence-electron chi connectivity index (χ0n) is 10.2. The summed E-state index contributed by atoms with van der Waals surface area (Å²) in [5.74, 6) is -1.90. The highest BCUT2D eigenvalue weighted by Crippen LogP contribution is 2.51. The predicted octanol–water partition coefficient (Wildman–Crippen LogP) is 3.77. The minimum atomic E-state index is -4.52. The van der Waals surface area contributed by atoms with Crippen molar-refractivity contribution in [2.24, 2.45) is 0 Å². The molecular formula is C13H12ClFNO3P. The maximum atomic E-state index is 13.2. The lowest BCUT2D eigenvalue weighted by Gasteiger charge is -2.21. The Labute approximate surface area is 120 Å². The summed E-state index contributed by atoms with van der Waals surface area (Å²) in [6, 6.07) is 11.6. The molecule has 0 bridgehead atoms. The Bertz CT molecular complexity index is 662. The van der Waals surface area contributed by atoms with Crippen LogP contribution in [0, 0.1) is 5.82 Å². The van der Waals surface area contributed by atoms with Crippen LogP contribution in [0.4, 0.5) is 10.1 Å². The number of hydrogen-bond donors (Lipinski definition) is 3. The molecule has 0 saturated carbocycles. The molecule has 2 rings (SSSR count). The Morgan fingerprint density at radius 1 is 1.15 bits per heavy atom. The average Bonchev–Trinajstić information content (AvgIpc) is 2.34. The summed E-state index contributed by atoms with van der Waals surface area (Å²) >= 11 is 5.82. The Kier molecular flexibility index (Phi) is 4.45. The van der Waals surface area contributed by atoms with Crippen molar-refractivity contribution < 1.29 is 18.7 Å². The Morgan fingerprint density at radius 2 is 1.85 bits per heavy atom. The first-order chi connectivity index (χ1) is 9.36. The van der Waals surface area contributed by atoms with Gasteiger partial charge in [0.05, 0.1) is 0 Å². The predicted molar refractivity (Wildman–Crippen MR) is 76.3 cm³/mol. The molecule has 7 heteroatoms. The zero-order valence-corrected chi connectivity index (χ0v) is 11.9. The van der Waals surface area contributed by atoms with Gasteiger partial charge >= 0.3 is 7.60 Å². The number of benzene rings is 2. The fraction of sp³-hybridized carbons (Fsp3) is 0.0769.